The first-order valence-electron chi connectivity index (χ1n) is 4.84. The van der Waals surface area contributed by atoms with E-state index in [2.05, 4.69) is 15.4 Å². The summed E-state index contributed by atoms with van der Waals surface area (Å²) in [6, 6.07) is 3.78. The van der Waals surface area contributed by atoms with Crippen LogP contribution in [0.25, 0.3) is 0 Å². The van der Waals surface area contributed by atoms with Gasteiger partial charge in [-0.15, -0.1) is 11.3 Å². The summed E-state index contributed by atoms with van der Waals surface area (Å²) >= 11 is 1.55. The normalized spacial score (nSPS) is 12.6. The molecular weight excluding hydrogens is 222 g/mol. The average Bonchev–Trinajstić information content (AvgIpc) is 2.79. The van der Waals surface area contributed by atoms with Crippen molar-refractivity contribution in [2.75, 3.05) is 5.73 Å². The lowest BCUT2D eigenvalue weighted by molar-refractivity contribution is 0.541. The molecule has 2 aromatic heterocycles. The van der Waals surface area contributed by atoms with Gasteiger partial charge in [0, 0.05) is 11.6 Å². The van der Waals surface area contributed by atoms with Gasteiger partial charge in [-0.1, -0.05) is 0 Å². The van der Waals surface area contributed by atoms with Gasteiger partial charge in [-0.25, -0.2) is 9.97 Å². The van der Waals surface area contributed by atoms with E-state index in [4.69, 9.17) is 11.6 Å². The van der Waals surface area contributed by atoms with Crippen LogP contribution < -0.4 is 17.0 Å². The van der Waals surface area contributed by atoms with E-state index in [1.165, 1.54) is 0 Å². The van der Waals surface area contributed by atoms with E-state index in [-0.39, 0.29) is 6.04 Å². The maximum atomic E-state index is 5.62. The Bertz CT molecular complexity index is 442. The van der Waals surface area contributed by atoms with Gasteiger partial charge in [-0.3, -0.25) is 11.3 Å². The van der Waals surface area contributed by atoms with Crippen LogP contribution in [0.4, 0.5) is 5.82 Å². The van der Waals surface area contributed by atoms with Gasteiger partial charge in [-0.05, 0) is 24.1 Å². The molecule has 1 atom stereocenters. The van der Waals surface area contributed by atoms with Crippen LogP contribution in [0.15, 0.2) is 29.2 Å². The number of nitrogens with one attached hydrogen (secondary N) is 1. The molecule has 16 heavy (non-hydrogen) atoms. The van der Waals surface area contributed by atoms with E-state index in [0.717, 1.165) is 17.7 Å². The zero-order chi connectivity index (χ0) is 11.4. The van der Waals surface area contributed by atoms with Crippen molar-refractivity contribution in [3.63, 3.8) is 0 Å². The van der Waals surface area contributed by atoms with Gasteiger partial charge in [0.05, 0.1) is 17.2 Å². The van der Waals surface area contributed by atoms with Gasteiger partial charge in [0.25, 0.3) is 0 Å². The van der Waals surface area contributed by atoms with Gasteiger partial charge < -0.3 is 5.73 Å². The molecular formula is C10H13N5S. The fourth-order valence-electron chi connectivity index (χ4n) is 1.50. The minimum absolute atomic E-state index is 0.00745. The first-order valence-corrected chi connectivity index (χ1v) is 5.78. The van der Waals surface area contributed by atoms with Crippen molar-refractivity contribution in [2.24, 2.45) is 5.84 Å². The molecule has 0 spiro atoms. The van der Waals surface area contributed by atoms with Crippen LogP contribution in [-0.2, 0) is 6.42 Å². The maximum Gasteiger partial charge on any atom is 0.123 e. The van der Waals surface area contributed by atoms with E-state index in [9.17, 15) is 0 Å². The zero-order valence-corrected chi connectivity index (χ0v) is 9.45. The highest BCUT2D eigenvalue weighted by atomic mass is 32.1. The Labute approximate surface area is 97.5 Å². The number of anilines is 1. The van der Waals surface area contributed by atoms with Crippen molar-refractivity contribution >= 4 is 17.2 Å². The number of pyridine rings is 1. The highest BCUT2D eigenvalue weighted by Gasteiger charge is 2.12. The quantitative estimate of drug-likeness (QED) is 0.540. The number of nitrogens with zero attached hydrogens (tertiary/aromatic N) is 2. The van der Waals surface area contributed by atoms with Gasteiger partial charge in [-0.2, -0.15) is 0 Å². The summed E-state index contributed by atoms with van der Waals surface area (Å²) in [5, 5.41) is 1.98. The van der Waals surface area contributed by atoms with Crippen molar-refractivity contribution in [1.29, 1.82) is 0 Å². The van der Waals surface area contributed by atoms with Crippen LogP contribution in [-0.4, -0.2) is 9.97 Å². The van der Waals surface area contributed by atoms with E-state index < -0.39 is 0 Å². The topological polar surface area (TPSA) is 89.8 Å². The molecule has 0 aromatic carbocycles. The summed E-state index contributed by atoms with van der Waals surface area (Å²) in [5.74, 6) is 6.04. The first kappa shape index (κ1) is 11.0. The molecule has 0 bridgehead atoms. The predicted octanol–water partition coefficient (Wildman–Crippen LogP) is 0.867. The highest BCUT2D eigenvalue weighted by Crippen LogP contribution is 2.18. The lowest BCUT2D eigenvalue weighted by Crippen LogP contribution is -2.29. The number of hydrogen-bond donors (Lipinski definition) is 3. The third-order valence-corrected chi connectivity index (χ3v) is 2.90. The zero-order valence-electron chi connectivity index (χ0n) is 8.63. The van der Waals surface area contributed by atoms with Crippen LogP contribution in [0.2, 0.25) is 0 Å². The van der Waals surface area contributed by atoms with Crippen LogP contribution in [0, 0.1) is 0 Å². The Morgan fingerprint density at radius 3 is 2.94 bits per heavy atom. The fraction of sp³-hybridized carbons (Fsp3) is 0.200. The third kappa shape index (κ3) is 2.54. The number of rotatable bonds is 4. The standard InChI is InChI=1S/C10H13N5S/c11-10-4-7(1-2-13-10)3-8(15-12)9-5-16-6-14-9/h1-2,4-6,8,15H,3,12H2,(H2,11,13). The van der Waals surface area contributed by atoms with Crippen molar-refractivity contribution in [1.82, 2.24) is 15.4 Å². The van der Waals surface area contributed by atoms with Crippen LogP contribution in [0.5, 0.6) is 0 Å². The smallest absolute Gasteiger partial charge is 0.123 e. The van der Waals surface area contributed by atoms with Crippen molar-refractivity contribution < 1.29 is 0 Å². The van der Waals surface area contributed by atoms with E-state index in [1.54, 1.807) is 23.0 Å². The number of thiazole rings is 1. The molecule has 6 heteroatoms. The number of hydrazine groups is 1. The molecule has 5 nitrogen and oxygen atoms in total. The molecule has 0 radical (unpaired) electrons. The molecule has 0 aliphatic rings. The summed E-state index contributed by atoms with van der Waals surface area (Å²) in [7, 11) is 0. The summed E-state index contributed by atoms with van der Waals surface area (Å²) in [4.78, 5) is 8.18. The number of hydrogen-bond acceptors (Lipinski definition) is 6. The molecule has 0 amide bonds. The molecule has 84 valence electrons. The molecule has 2 aromatic rings. The molecule has 2 heterocycles. The number of nitrogen functional groups attached to an aromatic ring is 1. The Hall–Kier alpha value is -1.50. The molecule has 0 aliphatic carbocycles. The number of aromatic nitrogens is 2. The Morgan fingerprint density at radius 2 is 2.31 bits per heavy atom. The van der Waals surface area contributed by atoms with E-state index >= 15 is 0 Å². The minimum atomic E-state index is 0.00745. The largest absolute Gasteiger partial charge is 0.384 e. The lowest BCUT2D eigenvalue weighted by atomic mass is 10.1. The van der Waals surface area contributed by atoms with Gasteiger partial charge >= 0.3 is 0 Å². The molecule has 0 fully saturated rings. The SMILES string of the molecule is NNC(Cc1ccnc(N)c1)c1cscn1. The number of nitrogens with two attached hydrogens (primary N) is 2. The fourth-order valence-corrected chi connectivity index (χ4v) is 2.11. The van der Waals surface area contributed by atoms with Crippen LogP contribution in [0.1, 0.15) is 17.3 Å². The Balaban J connectivity index is 2.13. The second-order valence-electron chi connectivity index (χ2n) is 3.43. The van der Waals surface area contributed by atoms with Crippen LogP contribution in [0.3, 0.4) is 0 Å². The second kappa shape index (κ2) is 5.02. The predicted molar refractivity (Wildman–Crippen MR) is 64.5 cm³/mol. The highest BCUT2D eigenvalue weighted by molar-refractivity contribution is 7.07. The molecule has 5 N–H and O–H groups in total. The second-order valence-corrected chi connectivity index (χ2v) is 4.14. The summed E-state index contributed by atoms with van der Waals surface area (Å²) < 4.78 is 0. The first-order chi connectivity index (χ1) is 7.79. The Morgan fingerprint density at radius 1 is 1.44 bits per heavy atom. The molecule has 0 saturated carbocycles. The molecule has 0 saturated heterocycles. The third-order valence-electron chi connectivity index (χ3n) is 2.29. The van der Waals surface area contributed by atoms with Crippen molar-refractivity contribution in [2.45, 2.75) is 12.5 Å². The minimum Gasteiger partial charge on any atom is -0.384 e. The lowest BCUT2D eigenvalue weighted by Gasteiger charge is -2.13. The van der Waals surface area contributed by atoms with Crippen molar-refractivity contribution in [3.8, 4) is 0 Å². The maximum absolute atomic E-state index is 5.62. The van der Waals surface area contributed by atoms with Crippen molar-refractivity contribution in [3.05, 3.63) is 40.5 Å². The molecule has 1 unspecified atom stereocenters. The molecule has 0 aliphatic heterocycles. The summed E-state index contributed by atoms with van der Waals surface area (Å²) in [6.07, 6.45) is 2.44. The summed E-state index contributed by atoms with van der Waals surface area (Å²) in [5.41, 5.74) is 12.2. The van der Waals surface area contributed by atoms with Gasteiger partial charge in [0.1, 0.15) is 5.82 Å². The van der Waals surface area contributed by atoms with E-state index in [0.29, 0.717) is 5.82 Å². The molecule has 2 rings (SSSR count). The van der Waals surface area contributed by atoms with Gasteiger partial charge in [0.2, 0.25) is 0 Å². The van der Waals surface area contributed by atoms with Crippen LogP contribution >= 0.6 is 11.3 Å². The summed E-state index contributed by atoms with van der Waals surface area (Å²) in [6.45, 7) is 0. The monoisotopic (exact) mass is 235 g/mol. The Kier molecular flexibility index (Phi) is 3.45. The van der Waals surface area contributed by atoms with E-state index in [1.807, 2.05) is 17.5 Å². The van der Waals surface area contributed by atoms with Gasteiger partial charge in [0.15, 0.2) is 0 Å². The average molecular weight is 235 g/mol.